The fourth-order valence-electron chi connectivity index (χ4n) is 3.60. The number of hydrogen-bond donors (Lipinski definition) is 0. The average molecular weight is 380 g/mol. The smallest absolute Gasteiger partial charge is 0.263 e. The number of hydrogen-bond acceptors (Lipinski definition) is 5. The molecule has 1 atom stereocenters. The van der Waals surface area contributed by atoms with Gasteiger partial charge < -0.3 is 14.4 Å². The molecule has 0 unspecified atom stereocenters. The molecule has 0 saturated carbocycles. The number of carbonyl (C=O) groups is 1. The number of pyridine rings is 1. The molecule has 3 heterocycles. The summed E-state index contributed by atoms with van der Waals surface area (Å²) in [6.45, 7) is 6.05. The zero-order valence-electron chi connectivity index (χ0n) is 16.4. The van der Waals surface area contributed by atoms with Gasteiger partial charge in [0.15, 0.2) is 11.8 Å². The van der Waals surface area contributed by atoms with Crippen molar-refractivity contribution in [3.8, 4) is 17.0 Å². The lowest BCUT2D eigenvalue weighted by molar-refractivity contribution is -0.142. The highest BCUT2D eigenvalue weighted by Crippen LogP contribution is 2.33. The van der Waals surface area contributed by atoms with Gasteiger partial charge in [0.2, 0.25) is 5.88 Å². The van der Waals surface area contributed by atoms with Gasteiger partial charge in [0.05, 0.1) is 24.3 Å². The maximum absolute atomic E-state index is 12.7. The van der Waals surface area contributed by atoms with Gasteiger partial charge in [0.1, 0.15) is 0 Å². The molecule has 1 amide bonds. The first kappa shape index (κ1) is 18.4. The van der Waals surface area contributed by atoms with Crippen molar-refractivity contribution in [2.24, 2.45) is 7.05 Å². The van der Waals surface area contributed by atoms with Crippen LogP contribution < -0.4 is 4.74 Å². The molecular weight excluding hydrogens is 356 g/mol. The summed E-state index contributed by atoms with van der Waals surface area (Å²) in [4.78, 5) is 19.1. The van der Waals surface area contributed by atoms with E-state index in [9.17, 15) is 4.79 Å². The van der Waals surface area contributed by atoms with Crippen LogP contribution >= 0.6 is 0 Å². The van der Waals surface area contributed by atoms with Gasteiger partial charge in [0, 0.05) is 26.2 Å². The van der Waals surface area contributed by atoms with Crippen LogP contribution in [0.4, 0.5) is 0 Å². The van der Waals surface area contributed by atoms with Crippen molar-refractivity contribution >= 4 is 16.9 Å². The molecule has 4 rings (SSSR count). The Hall–Kier alpha value is -2.93. The first-order valence-corrected chi connectivity index (χ1v) is 9.47. The largest absolute Gasteiger partial charge is 0.464 e. The number of rotatable bonds is 4. The second kappa shape index (κ2) is 7.59. The molecule has 1 aromatic carbocycles. The van der Waals surface area contributed by atoms with Gasteiger partial charge >= 0.3 is 0 Å². The second-order valence-electron chi connectivity index (χ2n) is 6.98. The topological polar surface area (TPSA) is 69.5 Å². The third-order valence-electron chi connectivity index (χ3n) is 5.00. The summed E-state index contributed by atoms with van der Waals surface area (Å²) in [5.74, 6) is 0.371. The van der Waals surface area contributed by atoms with Crippen molar-refractivity contribution in [3.63, 3.8) is 0 Å². The van der Waals surface area contributed by atoms with E-state index in [1.807, 2.05) is 50.4 Å². The molecule has 0 aliphatic carbocycles. The number of aryl methyl sites for hydroxylation is 2. The van der Waals surface area contributed by atoms with E-state index in [-0.39, 0.29) is 5.91 Å². The number of morpholine rings is 1. The van der Waals surface area contributed by atoms with Crippen molar-refractivity contribution in [1.82, 2.24) is 19.7 Å². The van der Waals surface area contributed by atoms with Crippen molar-refractivity contribution in [2.75, 3.05) is 26.3 Å². The Morgan fingerprint density at radius 2 is 1.93 bits per heavy atom. The van der Waals surface area contributed by atoms with Crippen LogP contribution in [-0.4, -0.2) is 58.0 Å². The summed E-state index contributed by atoms with van der Waals surface area (Å²) in [6.07, 6.45) is -0.624. The predicted molar refractivity (Wildman–Crippen MR) is 106 cm³/mol. The number of aromatic nitrogens is 3. The average Bonchev–Trinajstić information content (AvgIpc) is 3.01. The summed E-state index contributed by atoms with van der Waals surface area (Å²) >= 11 is 0. The highest BCUT2D eigenvalue weighted by atomic mass is 16.5. The Kier molecular flexibility index (Phi) is 5.00. The zero-order valence-corrected chi connectivity index (χ0v) is 16.4. The lowest BCUT2D eigenvalue weighted by atomic mass is 10.0. The van der Waals surface area contributed by atoms with Crippen molar-refractivity contribution in [2.45, 2.75) is 20.0 Å². The minimum Gasteiger partial charge on any atom is -0.464 e. The van der Waals surface area contributed by atoms with Crippen LogP contribution in [-0.2, 0) is 16.6 Å². The molecule has 1 aliphatic rings. The van der Waals surface area contributed by atoms with E-state index in [1.165, 1.54) is 0 Å². The third kappa shape index (κ3) is 3.45. The maximum atomic E-state index is 12.7. The van der Waals surface area contributed by atoms with Crippen LogP contribution in [0.1, 0.15) is 12.6 Å². The zero-order chi connectivity index (χ0) is 19.7. The van der Waals surface area contributed by atoms with Gasteiger partial charge in [-0.2, -0.15) is 10.1 Å². The summed E-state index contributed by atoms with van der Waals surface area (Å²) in [5, 5.41) is 5.51. The van der Waals surface area contributed by atoms with Crippen LogP contribution in [0.25, 0.3) is 22.2 Å². The monoisotopic (exact) mass is 380 g/mol. The van der Waals surface area contributed by atoms with Gasteiger partial charge in [-0.15, -0.1) is 0 Å². The molecule has 0 spiro atoms. The molecule has 1 aliphatic heterocycles. The predicted octanol–water partition coefficient (Wildman–Crippen LogP) is 2.57. The first-order valence-electron chi connectivity index (χ1n) is 9.47. The van der Waals surface area contributed by atoms with Crippen molar-refractivity contribution in [3.05, 3.63) is 42.1 Å². The first-order chi connectivity index (χ1) is 13.5. The molecule has 7 nitrogen and oxygen atoms in total. The molecule has 7 heteroatoms. The van der Waals surface area contributed by atoms with Crippen LogP contribution in [0.15, 0.2) is 36.4 Å². The van der Waals surface area contributed by atoms with E-state index < -0.39 is 6.10 Å². The van der Waals surface area contributed by atoms with Crippen molar-refractivity contribution < 1.29 is 14.3 Å². The summed E-state index contributed by atoms with van der Waals surface area (Å²) in [5.41, 5.74) is 3.70. The van der Waals surface area contributed by atoms with E-state index in [0.717, 1.165) is 27.9 Å². The Morgan fingerprint density at radius 1 is 1.21 bits per heavy atom. The summed E-state index contributed by atoms with van der Waals surface area (Å²) in [7, 11) is 1.86. The van der Waals surface area contributed by atoms with Gasteiger partial charge in [0.25, 0.3) is 5.91 Å². The molecule has 0 radical (unpaired) electrons. The van der Waals surface area contributed by atoms with Crippen LogP contribution in [0.3, 0.4) is 0 Å². The van der Waals surface area contributed by atoms with Gasteiger partial charge in [-0.3, -0.25) is 9.48 Å². The highest BCUT2D eigenvalue weighted by Gasteiger charge is 2.25. The third-order valence-corrected chi connectivity index (χ3v) is 5.00. The summed E-state index contributed by atoms with van der Waals surface area (Å²) in [6, 6.07) is 12.0. The molecule has 1 fully saturated rings. The molecule has 146 valence electrons. The van der Waals surface area contributed by atoms with Crippen LogP contribution in [0, 0.1) is 6.92 Å². The molecule has 28 heavy (non-hydrogen) atoms. The summed E-state index contributed by atoms with van der Waals surface area (Å²) < 4.78 is 13.0. The maximum Gasteiger partial charge on any atom is 0.263 e. The lowest BCUT2D eigenvalue weighted by Gasteiger charge is -2.29. The minimum atomic E-state index is -0.624. The van der Waals surface area contributed by atoms with E-state index in [1.54, 1.807) is 16.5 Å². The standard InChI is InChI=1S/C21H24N4O3/c1-14-19-17(16-7-5-4-6-8-16)13-18(22-20(19)24(3)23-14)28-15(2)21(26)25-9-11-27-12-10-25/h4-8,13,15H,9-12H2,1-3H3/t15-/m0/s1. The highest BCUT2D eigenvalue weighted by molar-refractivity contribution is 5.95. The number of fused-ring (bicyclic) bond motifs is 1. The molecule has 2 aromatic heterocycles. The van der Waals surface area contributed by atoms with E-state index in [2.05, 4.69) is 10.1 Å². The number of amides is 1. The van der Waals surface area contributed by atoms with Gasteiger partial charge in [-0.05, 0) is 25.0 Å². The molecule has 3 aromatic rings. The number of benzene rings is 1. The molecule has 1 saturated heterocycles. The second-order valence-corrected chi connectivity index (χ2v) is 6.98. The number of ether oxygens (including phenoxy) is 2. The molecule has 0 N–H and O–H groups in total. The Morgan fingerprint density at radius 3 is 2.64 bits per heavy atom. The van der Waals surface area contributed by atoms with Crippen molar-refractivity contribution in [1.29, 1.82) is 0 Å². The Bertz CT molecular complexity index is 994. The van der Waals surface area contributed by atoms with Crippen LogP contribution in [0.5, 0.6) is 5.88 Å². The van der Waals surface area contributed by atoms with Gasteiger partial charge in [-0.1, -0.05) is 30.3 Å². The lowest BCUT2D eigenvalue weighted by Crippen LogP contribution is -2.46. The normalized spacial score (nSPS) is 15.6. The number of carbonyl (C=O) groups excluding carboxylic acids is 1. The van der Waals surface area contributed by atoms with Gasteiger partial charge in [-0.25, -0.2) is 0 Å². The SMILES string of the molecule is Cc1nn(C)c2nc(O[C@@H](C)C(=O)N3CCOCC3)cc(-c3ccccc3)c12. The van der Waals surface area contributed by atoms with E-state index >= 15 is 0 Å². The quantitative estimate of drug-likeness (QED) is 0.696. The van der Waals surface area contributed by atoms with Crippen LogP contribution in [0.2, 0.25) is 0 Å². The number of nitrogens with zero attached hydrogens (tertiary/aromatic N) is 4. The minimum absolute atomic E-state index is 0.0485. The Balaban J connectivity index is 1.69. The van der Waals surface area contributed by atoms with E-state index in [4.69, 9.17) is 9.47 Å². The molecule has 0 bridgehead atoms. The van der Waals surface area contributed by atoms with E-state index in [0.29, 0.717) is 32.2 Å². The molecular formula is C21H24N4O3. The fraction of sp³-hybridized carbons (Fsp3) is 0.381. The fourth-order valence-corrected chi connectivity index (χ4v) is 3.60. The Labute approximate surface area is 163 Å².